The highest BCUT2D eigenvalue weighted by Crippen LogP contribution is 2.43. The number of anilines is 2. The first kappa shape index (κ1) is 21.1. The summed E-state index contributed by atoms with van der Waals surface area (Å²) in [7, 11) is 3.43. The molecule has 0 radical (unpaired) electrons. The van der Waals surface area contributed by atoms with Crippen LogP contribution in [0.5, 0.6) is 0 Å². The van der Waals surface area contributed by atoms with Crippen molar-refractivity contribution in [2.45, 2.75) is 26.2 Å². The smallest absolute Gasteiger partial charge is 0.323 e. The standard InChI is InChI=1S/C24H25N7OS/c1-14-7-4-5-10-18(14)31-21-16(20(29-31)15-11-12-19(25)26-13-15)8-6-9-17-22(21)33-23(27-17)28-24(32)30(2)3/h4-5,7,10-13H,6,8-9H2,1-3H3,(H2,25,26)(H,27,28,32). The van der Waals surface area contributed by atoms with E-state index >= 15 is 0 Å². The van der Waals surface area contributed by atoms with Crippen LogP contribution in [0.2, 0.25) is 0 Å². The van der Waals surface area contributed by atoms with Crippen molar-refractivity contribution < 1.29 is 4.79 Å². The van der Waals surface area contributed by atoms with E-state index < -0.39 is 0 Å². The second-order valence-corrected chi connectivity index (χ2v) is 9.32. The van der Waals surface area contributed by atoms with Crippen molar-refractivity contribution in [2.24, 2.45) is 0 Å². The minimum atomic E-state index is -0.194. The number of carbonyl (C=O) groups excluding carboxylic acids is 1. The van der Waals surface area contributed by atoms with E-state index in [0.717, 1.165) is 63.6 Å². The van der Waals surface area contributed by atoms with Crippen LogP contribution in [-0.4, -0.2) is 44.8 Å². The molecule has 0 bridgehead atoms. The van der Waals surface area contributed by atoms with Gasteiger partial charge in [-0.25, -0.2) is 19.4 Å². The molecule has 3 N–H and O–H groups in total. The zero-order chi connectivity index (χ0) is 23.1. The van der Waals surface area contributed by atoms with Gasteiger partial charge in [-0.2, -0.15) is 5.10 Å². The topological polar surface area (TPSA) is 102 Å². The van der Waals surface area contributed by atoms with Crippen molar-refractivity contribution in [3.05, 3.63) is 59.4 Å². The lowest BCUT2D eigenvalue weighted by Crippen LogP contribution is -2.27. The molecule has 1 aliphatic rings. The maximum atomic E-state index is 12.2. The van der Waals surface area contributed by atoms with Gasteiger partial charge in [-0.1, -0.05) is 29.5 Å². The third-order valence-electron chi connectivity index (χ3n) is 5.76. The van der Waals surface area contributed by atoms with Crippen molar-refractivity contribution in [1.82, 2.24) is 24.6 Å². The lowest BCUT2D eigenvalue weighted by atomic mass is 10.0. The molecule has 0 saturated carbocycles. The second-order valence-electron chi connectivity index (χ2n) is 8.32. The number of para-hydroxylation sites is 1. The Morgan fingerprint density at radius 1 is 1.18 bits per heavy atom. The van der Waals surface area contributed by atoms with E-state index in [1.807, 2.05) is 22.9 Å². The van der Waals surface area contributed by atoms with E-state index in [2.05, 4.69) is 29.4 Å². The molecule has 168 valence electrons. The Kier molecular flexibility index (Phi) is 5.33. The predicted molar refractivity (Wildman–Crippen MR) is 132 cm³/mol. The summed E-state index contributed by atoms with van der Waals surface area (Å²) in [5.74, 6) is 0.481. The first-order valence-electron chi connectivity index (χ1n) is 10.8. The average Bonchev–Trinajstić information content (AvgIpc) is 3.31. The number of carbonyl (C=O) groups is 1. The monoisotopic (exact) mass is 459 g/mol. The summed E-state index contributed by atoms with van der Waals surface area (Å²) in [6.07, 6.45) is 4.44. The fraction of sp³-hybridized carbons (Fsp3) is 0.250. The molecule has 5 rings (SSSR count). The second kappa shape index (κ2) is 8.32. The zero-order valence-electron chi connectivity index (χ0n) is 18.8. The number of rotatable bonds is 3. The van der Waals surface area contributed by atoms with Gasteiger partial charge in [-0.15, -0.1) is 0 Å². The number of pyridine rings is 1. The molecule has 0 spiro atoms. The SMILES string of the molecule is Cc1ccccc1-n1nc(-c2ccc(N)nc2)c2c1-c1sc(NC(=O)N(C)C)nc1CCC2. The van der Waals surface area contributed by atoms with Crippen LogP contribution in [0.1, 0.15) is 23.2 Å². The van der Waals surface area contributed by atoms with Gasteiger partial charge in [-0.05, 0) is 49.9 Å². The molecule has 0 saturated heterocycles. The van der Waals surface area contributed by atoms with Crippen LogP contribution < -0.4 is 11.1 Å². The molecule has 33 heavy (non-hydrogen) atoms. The Morgan fingerprint density at radius 3 is 2.73 bits per heavy atom. The molecule has 0 atom stereocenters. The molecule has 4 aromatic rings. The summed E-state index contributed by atoms with van der Waals surface area (Å²) < 4.78 is 2.02. The lowest BCUT2D eigenvalue weighted by Gasteiger charge is -2.10. The molecular weight excluding hydrogens is 434 g/mol. The van der Waals surface area contributed by atoms with Crippen LogP contribution in [0.4, 0.5) is 15.7 Å². The number of aromatic nitrogens is 4. The highest BCUT2D eigenvalue weighted by molar-refractivity contribution is 7.19. The van der Waals surface area contributed by atoms with Crippen LogP contribution in [0, 0.1) is 6.92 Å². The van der Waals surface area contributed by atoms with E-state index in [-0.39, 0.29) is 6.03 Å². The normalized spacial score (nSPS) is 12.6. The van der Waals surface area contributed by atoms with E-state index in [9.17, 15) is 4.79 Å². The molecular formula is C24H25N7OS. The third-order valence-corrected chi connectivity index (χ3v) is 6.78. The Hall–Kier alpha value is -3.72. The Morgan fingerprint density at radius 2 is 2.00 bits per heavy atom. The van der Waals surface area contributed by atoms with Gasteiger partial charge in [0.2, 0.25) is 0 Å². The van der Waals surface area contributed by atoms with Gasteiger partial charge in [0, 0.05) is 31.4 Å². The number of hydrogen-bond donors (Lipinski definition) is 2. The summed E-state index contributed by atoms with van der Waals surface area (Å²) in [5.41, 5.74) is 13.0. The number of nitrogens with zero attached hydrogens (tertiary/aromatic N) is 5. The largest absolute Gasteiger partial charge is 0.384 e. The average molecular weight is 460 g/mol. The van der Waals surface area contributed by atoms with Gasteiger partial charge < -0.3 is 10.6 Å². The molecule has 1 aromatic carbocycles. The molecule has 3 aromatic heterocycles. The lowest BCUT2D eigenvalue weighted by molar-refractivity contribution is 0.230. The van der Waals surface area contributed by atoms with E-state index in [1.165, 1.54) is 16.2 Å². The van der Waals surface area contributed by atoms with Crippen molar-refractivity contribution in [3.63, 3.8) is 0 Å². The first-order valence-corrected chi connectivity index (χ1v) is 11.6. The molecule has 8 nitrogen and oxygen atoms in total. The predicted octanol–water partition coefficient (Wildman–Crippen LogP) is 4.53. The van der Waals surface area contributed by atoms with Crippen LogP contribution in [0.3, 0.4) is 0 Å². The number of fused-ring (bicyclic) bond motifs is 3. The highest BCUT2D eigenvalue weighted by Gasteiger charge is 2.29. The molecule has 9 heteroatoms. The van der Waals surface area contributed by atoms with Crippen molar-refractivity contribution in [1.29, 1.82) is 0 Å². The molecule has 0 aliphatic heterocycles. The van der Waals surface area contributed by atoms with Crippen LogP contribution in [-0.2, 0) is 12.8 Å². The maximum Gasteiger partial charge on any atom is 0.323 e. The fourth-order valence-electron chi connectivity index (χ4n) is 4.07. The van der Waals surface area contributed by atoms with Crippen molar-refractivity contribution >= 4 is 28.3 Å². The van der Waals surface area contributed by atoms with Gasteiger partial charge in [0.05, 0.1) is 27.6 Å². The number of amides is 2. The van der Waals surface area contributed by atoms with Gasteiger partial charge in [0.1, 0.15) is 5.82 Å². The molecule has 2 amide bonds. The summed E-state index contributed by atoms with van der Waals surface area (Å²) in [6.45, 7) is 2.08. The number of nitrogens with two attached hydrogens (primary N) is 1. The first-order chi connectivity index (χ1) is 15.9. The number of nitrogens with one attached hydrogen (secondary N) is 1. The molecule has 3 heterocycles. The summed E-state index contributed by atoms with van der Waals surface area (Å²) in [5, 5.41) is 8.58. The van der Waals surface area contributed by atoms with Crippen LogP contribution >= 0.6 is 11.3 Å². The fourth-order valence-corrected chi connectivity index (χ4v) is 5.13. The van der Waals surface area contributed by atoms with Gasteiger partial charge in [0.25, 0.3) is 0 Å². The minimum absolute atomic E-state index is 0.194. The number of thiazole rings is 1. The maximum absolute atomic E-state index is 12.2. The molecule has 0 fully saturated rings. The number of aryl methyl sites for hydroxylation is 2. The van der Waals surface area contributed by atoms with E-state index in [0.29, 0.717) is 10.9 Å². The van der Waals surface area contributed by atoms with Crippen molar-refractivity contribution in [3.8, 4) is 27.5 Å². The van der Waals surface area contributed by atoms with Crippen LogP contribution in [0.15, 0.2) is 42.6 Å². The number of nitrogen functional groups attached to an aromatic ring is 1. The minimum Gasteiger partial charge on any atom is -0.384 e. The number of urea groups is 1. The Balaban J connectivity index is 1.73. The number of hydrogen-bond acceptors (Lipinski definition) is 6. The quantitative estimate of drug-likeness (QED) is 0.469. The van der Waals surface area contributed by atoms with E-state index in [1.54, 1.807) is 26.4 Å². The van der Waals surface area contributed by atoms with Gasteiger partial charge in [-0.3, -0.25) is 5.32 Å². The van der Waals surface area contributed by atoms with E-state index in [4.69, 9.17) is 15.8 Å². The summed E-state index contributed by atoms with van der Waals surface area (Å²) in [4.78, 5) is 23.8. The molecule has 0 unspecified atom stereocenters. The van der Waals surface area contributed by atoms with Gasteiger partial charge >= 0.3 is 6.03 Å². The Bertz CT molecular complexity index is 1340. The van der Waals surface area contributed by atoms with Crippen molar-refractivity contribution in [2.75, 3.05) is 25.1 Å². The highest BCUT2D eigenvalue weighted by atomic mass is 32.1. The number of benzene rings is 1. The van der Waals surface area contributed by atoms with Gasteiger partial charge in [0.15, 0.2) is 5.13 Å². The third kappa shape index (κ3) is 3.84. The summed E-state index contributed by atoms with van der Waals surface area (Å²) in [6, 6.07) is 11.8. The zero-order valence-corrected chi connectivity index (χ0v) is 19.6. The Labute approximate surface area is 196 Å². The summed E-state index contributed by atoms with van der Waals surface area (Å²) >= 11 is 1.50. The van der Waals surface area contributed by atoms with Crippen LogP contribution in [0.25, 0.3) is 27.5 Å². The molecule has 1 aliphatic carbocycles.